The molecule has 3 atom stereocenters. The zero-order chi connectivity index (χ0) is 20.8. The van der Waals surface area contributed by atoms with E-state index in [0.717, 1.165) is 38.9 Å². The van der Waals surface area contributed by atoms with Gasteiger partial charge in [0.1, 0.15) is 0 Å². The van der Waals surface area contributed by atoms with Gasteiger partial charge in [-0.1, -0.05) is 66.7 Å². The molecule has 1 aliphatic carbocycles. The molecule has 3 nitrogen and oxygen atoms in total. The van der Waals surface area contributed by atoms with E-state index in [1.54, 1.807) is 0 Å². The number of likely N-dealkylation sites (N-methyl/N-ethyl adjacent to an activating group) is 1. The Balaban J connectivity index is 1.43. The quantitative estimate of drug-likeness (QED) is 0.538. The van der Waals surface area contributed by atoms with Gasteiger partial charge in [-0.25, -0.2) is 0 Å². The third-order valence-electron chi connectivity index (χ3n) is 6.33. The zero-order valence-electron chi connectivity index (χ0n) is 17.7. The lowest BCUT2D eigenvalue weighted by Gasteiger charge is -2.34. The summed E-state index contributed by atoms with van der Waals surface area (Å²) in [6.45, 7) is 2.77. The van der Waals surface area contributed by atoms with Crippen LogP contribution in [0.3, 0.4) is 0 Å². The van der Waals surface area contributed by atoms with Gasteiger partial charge in [0.25, 0.3) is 0 Å². The summed E-state index contributed by atoms with van der Waals surface area (Å²) in [5.41, 5.74) is 2.66. The van der Waals surface area contributed by atoms with E-state index in [0.29, 0.717) is 0 Å². The summed E-state index contributed by atoms with van der Waals surface area (Å²) >= 11 is 1.81. The van der Waals surface area contributed by atoms with E-state index in [4.69, 9.17) is 0 Å². The van der Waals surface area contributed by atoms with Crippen LogP contribution in [0.1, 0.15) is 28.8 Å². The molecule has 158 valence electrons. The van der Waals surface area contributed by atoms with Crippen LogP contribution in [0.2, 0.25) is 0 Å². The molecule has 0 saturated heterocycles. The van der Waals surface area contributed by atoms with Crippen molar-refractivity contribution >= 4 is 11.3 Å². The first kappa shape index (κ1) is 21.3. The Bertz CT molecular complexity index is 869. The third-order valence-corrected chi connectivity index (χ3v) is 7.19. The average Bonchev–Trinajstić information content (AvgIpc) is 3.42. The Morgan fingerprint density at radius 3 is 2.17 bits per heavy atom. The molecule has 2 aromatic carbocycles. The van der Waals surface area contributed by atoms with Gasteiger partial charge in [0.2, 0.25) is 0 Å². The van der Waals surface area contributed by atoms with Gasteiger partial charge in [-0.3, -0.25) is 9.80 Å². The minimum absolute atomic E-state index is 0.206. The highest BCUT2D eigenvalue weighted by Gasteiger charge is 2.40. The largest absolute Gasteiger partial charge is 0.390 e. The Morgan fingerprint density at radius 1 is 0.833 bits per heavy atom. The van der Waals surface area contributed by atoms with Crippen LogP contribution in [0.4, 0.5) is 0 Å². The van der Waals surface area contributed by atoms with E-state index in [1.807, 2.05) is 11.3 Å². The fraction of sp³-hybridized carbons (Fsp3) is 0.385. The van der Waals surface area contributed by atoms with Crippen LogP contribution in [0, 0.1) is 0 Å². The lowest BCUT2D eigenvalue weighted by molar-refractivity contribution is 0.0219. The molecule has 0 bridgehead atoms. The molecule has 0 amide bonds. The van der Waals surface area contributed by atoms with E-state index >= 15 is 0 Å². The van der Waals surface area contributed by atoms with Crippen LogP contribution in [0.15, 0.2) is 78.2 Å². The van der Waals surface area contributed by atoms with Gasteiger partial charge in [-0.15, -0.1) is 11.3 Å². The van der Waals surface area contributed by atoms with E-state index in [1.165, 1.54) is 16.0 Å². The number of aliphatic hydroxyl groups excluding tert-OH is 1. The van der Waals surface area contributed by atoms with E-state index < -0.39 is 0 Å². The number of hydrogen-bond donors (Lipinski definition) is 1. The van der Waals surface area contributed by atoms with Crippen LogP contribution >= 0.6 is 11.3 Å². The summed E-state index contributed by atoms with van der Waals surface area (Å²) in [7, 11) is 2.15. The molecule has 3 aromatic rings. The molecule has 1 aromatic heterocycles. The van der Waals surface area contributed by atoms with Crippen molar-refractivity contribution in [1.82, 2.24) is 9.80 Å². The Labute approximate surface area is 184 Å². The molecule has 1 N–H and O–H groups in total. The number of benzene rings is 2. The minimum atomic E-state index is -0.325. The van der Waals surface area contributed by atoms with Gasteiger partial charge in [0.05, 0.1) is 6.10 Å². The van der Waals surface area contributed by atoms with E-state index in [2.05, 4.69) is 95.0 Å². The average molecular weight is 421 g/mol. The predicted octanol–water partition coefficient (Wildman–Crippen LogP) is 4.82. The lowest BCUT2D eigenvalue weighted by Crippen LogP contribution is -2.47. The van der Waals surface area contributed by atoms with Crippen LogP contribution in [-0.2, 0) is 19.5 Å². The molecule has 1 aliphatic rings. The van der Waals surface area contributed by atoms with Gasteiger partial charge in [0.15, 0.2) is 0 Å². The molecule has 4 heteroatoms. The third kappa shape index (κ3) is 5.38. The van der Waals surface area contributed by atoms with Crippen molar-refractivity contribution in [2.75, 3.05) is 13.6 Å². The zero-order valence-corrected chi connectivity index (χ0v) is 18.5. The molecule has 0 spiro atoms. The minimum Gasteiger partial charge on any atom is -0.390 e. The topological polar surface area (TPSA) is 26.7 Å². The summed E-state index contributed by atoms with van der Waals surface area (Å²) < 4.78 is 0. The van der Waals surface area contributed by atoms with Crippen molar-refractivity contribution in [3.05, 3.63) is 94.2 Å². The monoisotopic (exact) mass is 420 g/mol. The molecule has 1 saturated carbocycles. The van der Waals surface area contributed by atoms with Crippen LogP contribution in [0.25, 0.3) is 0 Å². The number of rotatable bonds is 9. The van der Waals surface area contributed by atoms with Gasteiger partial charge in [-0.05, 0) is 48.9 Å². The van der Waals surface area contributed by atoms with Gasteiger partial charge in [0, 0.05) is 36.6 Å². The maximum absolute atomic E-state index is 11.3. The molecular formula is C26H32N2OS. The Kier molecular flexibility index (Phi) is 7.34. The summed E-state index contributed by atoms with van der Waals surface area (Å²) in [5, 5.41) is 13.5. The van der Waals surface area contributed by atoms with Crippen LogP contribution in [0.5, 0.6) is 0 Å². The normalized spacial score (nSPS) is 21.5. The second-order valence-electron chi connectivity index (χ2n) is 8.39. The first-order chi connectivity index (χ1) is 14.7. The van der Waals surface area contributed by atoms with E-state index in [9.17, 15) is 5.11 Å². The highest BCUT2D eigenvalue weighted by molar-refractivity contribution is 7.09. The van der Waals surface area contributed by atoms with Crippen molar-refractivity contribution in [2.45, 2.75) is 50.5 Å². The first-order valence-corrected chi connectivity index (χ1v) is 11.8. The summed E-state index contributed by atoms with van der Waals surface area (Å²) in [4.78, 5) is 6.22. The molecule has 0 radical (unpaired) electrons. The smallest absolute Gasteiger partial charge is 0.0850 e. The first-order valence-electron chi connectivity index (χ1n) is 10.9. The Morgan fingerprint density at radius 2 is 1.50 bits per heavy atom. The summed E-state index contributed by atoms with van der Waals surface area (Å²) in [5.74, 6) is 0. The van der Waals surface area contributed by atoms with Crippen LogP contribution in [-0.4, -0.2) is 46.7 Å². The predicted molar refractivity (Wildman–Crippen MR) is 126 cm³/mol. The molecule has 4 rings (SSSR count). The standard InChI is InChI=1S/C26H32N2OS/c1-27(19-22-11-6-3-7-12-22)24-14-15-25(26(24)29)28(20-23-13-8-18-30-23)17-16-21-9-4-2-5-10-21/h2-13,18,24-26,29H,14-17,19-20H2,1H3/t24-,25-,26-/m1/s1. The number of hydrogen-bond acceptors (Lipinski definition) is 4. The van der Waals surface area contributed by atoms with Crippen molar-refractivity contribution in [3.63, 3.8) is 0 Å². The highest BCUT2D eigenvalue weighted by atomic mass is 32.1. The molecular weight excluding hydrogens is 388 g/mol. The molecule has 1 fully saturated rings. The number of nitrogens with zero attached hydrogens (tertiary/aromatic N) is 2. The summed E-state index contributed by atoms with van der Waals surface area (Å²) in [6.07, 6.45) is 2.78. The second kappa shape index (κ2) is 10.4. The van der Waals surface area contributed by atoms with Gasteiger partial charge < -0.3 is 5.11 Å². The van der Waals surface area contributed by atoms with Crippen molar-refractivity contribution in [1.29, 1.82) is 0 Å². The molecule has 0 unspecified atom stereocenters. The molecule has 30 heavy (non-hydrogen) atoms. The van der Waals surface area contributed by atoms with Gasteiger partial charge >= 0.3 is 0 Å². The summed E-state index contributed by atoms with van der Waals surface area (Å²) in [6, 6.07) is 26.0. The van der Waals surface area contributed by atoms with Crippen molar-refractivity contribution in [3.8, 4) is 0 Å². The maximum Gasteiger partial charge on any atom is 0.0850 e. The number of thiophene rings is 1. The molecule has 1 heterocycles. The fourth-order valence-electron chi connectivity index (χ4n) is 4.69. The highest BCUT2D eigenvalue weighted by Crippen LogP contribution is 2.30. The SMILES string of the molecule is CN(Cc1ccccc1)[C@@H]1CC[C@@H](N(CCc2ccccc2)Cc2cccs2)[C@@H]1O. The fourth-order valence-corrected chi connectivity index (χ4v) is 5.42. The Hall–Kier alpha value is -1.98. The van der Waals surface area contributed by atoms with Gasteiger partial charge in [-0.2, -0.15) is 0 Å². The van der Waals surface area contributed by atoms with Crippen LogP contribution < -0.4 is 0 Å². The lowest BCUT2D eigenvalue weighted by atomic mass is 10.1. The van der Waals surface area contributed by atoms with Crippen molar-refractivity contribution < 1.29 is 5.11 Å². The second-order valence-corrected chi connectivity index (χ2v) is 9.42. The molecule has 0 aliphatic heterocycles. The maximum atomic E-state index is 11.3. The number of aliphatic hydroxyl groups is 1. The van der Waals surface area contributed by atoms with E-state index in [-0.39, 0.29) is 18.2 Å². The van der Waals surface area contributed by atoms with Crippen molar-refractivity contribution in [2.24, 2.45) is 0 Å².